The van der Waals surface area contributed by atoms with Crippen molar-refractivity contribution >= 4 is 0 Å². The Labute approximate surface area is 116 Å². The second-order valence-electron chi connectivity index (χ2n) is 5.33. The first kappa shape index (κ1) is 14.5. The van der Waals surface area contributed by atoms with Crippen molar-refractivity contribution in [3.63, 3.8) is 0 Å². The summed E-state index contributed by atoms with van der Waals surface area (Å²) >= 11 is 0. The summed E-state index contributed by atoms with van der Waals surface area (Å²) in [5.41, 5.74) is 0. The monoisotopic (exact) mass is 265 g/mol. The maximum atomic E-state index is 4.43. The van der Waals surface area contributed by atoms with Crippen molar-refractivity contribution in [3.05, 3.63) is 12.2 Å². The van der Waals surface area contributed by atoms with Gasteiger partial charge in [0, 0.05) is 19.1 Å². The molecule has 1 saturated heterocycles. The molecule has 19 heavy (non-hydrogen) atoms. The van der Waals surface area contributed by atoms with Crippen LogP contribution in [0.4, 0.5) is 0 Å². The van der Waals surface area contributed by atoms with Crippen molar-refractivity contribution in [2.45, 2.75) is 58.7 Å². The molecule has 108 valence electrons. The van der Waals surface area contributed by atoms with Crippen molar-refractivity contribution in [2.24, 2.45) is 0 Å². The highest BCUT2D eigenvalue weighted by Gasteiger charge is 2.23. The zero-order chi connectivity index (χ0) is 13.5. The van der Waals surface area contributed by atoms with E-state index in [1.54, 1.807) is 6.33 Å². The third kappa shape index (κ3) is 4.01. The van der Waals surface area contributed by atoms with Crippen LogP contribution in [0.5, 0.6) is 0 Å². The van der Waals surface area contributed by atoms with Gasteiger partial charge in [0.25, 0.3) is 0 Å². The standard InChI is InChI=1S/C14H27N5/c1-3-8-19-14(16-12-17-19)11-18-9-6-5-7-13(18)10-15-4-2/h12-13,15H,3-11H2,1-2H3. The van der Waals surface area contributed by atoms with Crippen molar-refractivity contribution < 1.29 is 0 Å². The van der Waals surface area contributed by atoms with Crippen LogP contribution < -0.4 is 5.32 Å². The minimum atomic E-state index is 0.653. The summed E-state index contributed by atoms with van der Waals surface area (Å²) in [6.07, 6.45) is 6.76. The summed E-state index contributed by atoms with van der Waals surface area (Å²) in [5.74, 6) is 1.12. The minimum Gasteiger partial charge on any atom is -0.315 e. The lowest BCUT2D eigenvalue weighted by molar-refractivity contribution is 0.132. The molecule has 1 fully saturated rings. The van der Waals surface area contributed by atoms with E-state index in [0.29, 0.717) is 6.04 Å². The number of nitrogens with one attached hydrogen (secondary N) is 1. The van der Waals surface area contributed by atoms with E-state index in [1.807, 2.05) is 0 Å². The highest BCUT2D eigenvalue weighted by molar-refractivity contribution is 4.88. The number of nitrogens with zero attached hydrogens (tertiary/aromatic N) is 4. The fourth-order valence-electron chi connectivity index (χ4n) is 2.80. The third-order valence-electron chi connectivity index (χ3n) is 3.85. The molecule has 1 aromatic heterocycles. The Morgan fingerprint density at radius 2 is 2.26 bits per heavy atom. The molecule has 0 aliphatic carbocycles. The fraction of sp³-hybridized carbons (Fsp3) is 0.857. The van der Waals surface area contributed by atoms with E-state index < -0.39 is 0 Å². The van der Waals surface area contributed by atoms with E-state index in [4.69, 9.17) is 0 Å². The van der Waals surface area contributed by atoms with Crippen LogP contribution in [-0.4, -0.2) is 45.3 Å². The van der Waals surface area contributed by atoms with Gasteiger partial charge >= 0.3 is 0 Å². The number of aromatic nitrogens is 3. The maximum Gasteiger partial charge on any atom is 0.141 e. The molecular formula is C14H27N5. The Hall–Kier alpha value is -0.940. The van der Waals surface area contributed by atoms with E-state index in [-0.39, 0.29) is 0 Å². The normalized spacial score (nSPS) is 20.8. The molecule has 1 aliphatic heterocycles. The number of hydrogen-bond donors (Lipinski definition) is 1. The predicted molar refractivity (Wildman–Crippen MR) is 76.9 cm³/mol. The molecule has 1 aliphatic rings. The molecule has 5 nitrogen and oxygen atoms in total. The summed E-state index contributed by atoms with van der Waals surface area (Å²) < 4.78 is 2.05. The molecule has 0 aromatic carbocycles. The molecule has 0 spiro atoms. The van der Waals surface area contributed by atoms with Crippen molar-refractivity contribution in [1.82, 2.24) is 25.0 Å². The van der Waals surface area contributed by atoms with Gasteiger partial charge in [-0.25, -0.2) is 9.67 Å². The molecule has 1 N–H and O–H groups in total. The molecular weight excluding hydrogens is 238 g/mol. The van der Waals surface area contributed by atoms with E-state index >= 15 is 0 Å². The Bertz CT molecular complexity index is 362. The van der Waals surface area contributed by atoms with Gasteiger partial charge in [-0.05, 0) is 32.4 Å². The van der Waals surface area contributed by atoms with Gasteiger partial charge in [-0.15, -0.1) is 0 Å². The van der Waals surface area contributed by atoms with Gasteiger partial charge in [0.15, 0.2) is 0 Å². The average Bonchev–Trinajstić information content (AvgIpc) is 2.86. The van der Waals surface area contributed by atoms with Gasteiger partial charge < -0.3 is 5.32 Å². The Kier molecular flexibility index (Phi) is 5.79. The Balaban J connectivity index is 1.96. The second kappa shape index (κ2) is 7.60. The number of likely N-dealkylation sites (N-methyl/N-ethyl adjacent to an activating group) is 1. The maximum absolute atomic E-state index is 4.43. The molecule has 2 rings (SSSR count). The number of likely N-dealkylation sites (tertiary alicyclic amines) is 1. The lowest BCUT2D eigenvalue weighted by Gasteiger charge is -2.35. The summed E-state index contributed by atoms with van der Waals surface area (Å²) in [4.78, 5) is 7.01. The number of aryl methyl sites for hydroxylation is 1. The first-order valence-corrected chi connectivity index (χ1v) is 7.66. The van der Waals surface area contributed by atoms with Crippen LogP contribution in [0.2, 0.25) is 0 Å². The van der Waals surface area contributed by atoms with Gasteiger partial charge in [0.2, 0.25) is 0 Å². The molecule has 5 heteroatoms. The summed E-state index contributed by atoms with van der Waals surface area (Å²) in [6, 6.07) is 0.653. The van der Waals surface area contributed by atoms with Gasteiger partial charge in [-0.1, -0.05) is 20.3 Å². The molecule has 0 bridgehead atoms. The smallest absolute Gasteiger partial charge is 0.141 e. The summed E-state index contributed by atoms with van der Waals surface area (Å²) in [6.45, 7) is 9.60. The van der Waals surface area contributed by atoms with Crippen molar-refractivity contribution in [2.75, 3.05) is 19.6 Å². The zero-order valence-electron chi connectivity index (χ0n) is 12.3. The van der Waals surface area contributed by atoms with E-state index in [0.717, 1.165) is 38.4 Å². The average molecular weight is 265 g/mol. The molecule has 0 radical (unpaired) electrons. The highest BCUT2D eigenvalue weighted by atomic mass is 15.4. The second-order valence-corrected chi connectivity index (χ2v) is 5.33. The quantitative estimate of drug-likeness (QED) is 0.814. The first-order valence-electron chi connectivity index (χ1n) is 7.66. The molecule has 0 amide bonds. The predicted octanol–water partition coefficient (Wildman–Crippen LogP) is 1.65. The van der Waals surface area contributed by atoms with Gasteiger partial charge in [0.1, 0.15) is 12.2 Å². The third-order valence-corrected chi connectivity index (χ3v) is 3.85. The van der Waals surface area contributed by atoms with Crippen LogP contribution in [0, 0.1) is 0 Å². The number of rotatable bonds is 7. The van der Waals surface area contributed by atoms with E-state index in [1.165, 1.54) is 25.8 Å². The lowest BCUT2D eigenvalue weighted by Crippen LogP contribution is -2.45. The number of hydrogen-bond acceptors (Lipinski definition) is 4. The summed E-state index contributed by atoms with van der Waals surface area (Å²) in [7, 11) is 0. The molecule has 2 heterocycles. The van der Waals surface area contributed by atoms with Gasteiger partial charge in [0.05, 0.1) is 6.54 Å². The van der Waals surface area contributed by atoms with Crippen LogP contribution in [-0.2, 0) is 13.1 Å². The zero-order valence-corrected chi connectivity index (χ0v) is 12.3. The Morgan fingerprint density at radius 3 is 3.05 bits per heavy atom. The summed E-state index contributed by atoms with van der Waals surface area (Å²) in [5, 5.41) is 7.80. The molecule has 1 atom stereocenters. The molecule has 1 aromatic rings. The minimum absolute atomic E-state index is 0.653. The number of piperidine rings is 1. The molecule has 0 saturated carbocycles. The van der Waals surface area contributed by atoms with Crippen LogP contribution in [0.25, 0.3) is 0 Å². The Morgan fingerprint density at radius 1 is 1.37 bits per heavy atom. The van der Waals surface area contributed by atoms with Crippen LogP contribution in [0.15, 0.2) is 6.33 Å². The largest absolute Gasteiger partial charge is 0.315 e. The van der Waals surface area contributed by atoms with Gasteiger partial charge in [-0.3, -0.25) is 4.90 Å². The van der Waals surface area contributed by atoms with Crippen LogP contribution in [0.1, 0.15) is 45.4 Å². The SMILES string of the molecule is CCCn1ncnc1CN1CCCCC1CNCC. The van der Waals surface area contributed by atoms with Gasteiger partial charge in [-0.2, -0.15) is 5.10 Å². The van der Waals surface area contributed by atoms with Crippen molar-refractivity contribution in [1.29, 1.82) is 0 Å². The fourth-order valence-corrected chi connectivity index (χ4v) is 2.80. The van der Waals surface area contributed by atoms with Crippen molar-refractivity contribution in [3.8, 4) is 0 Å². The van der Waals surface area contributed by atoms with E-state index in [9.17, 15) is 0 Å². The van der Waals surface area contributed by atoms with Crippen LogP contribution in [0.3, 0.4) is 0 Å². The van der Waals surface area contributed by atoms with Crippen LogP contribution >= 0.6 is 0 Å². The highest BCUT2D eigenvalue weighted by Crippen LogP contribution is 2.18. The topological polar surface area (TPSA) is 46.0 Å². The lowest BCUT2D eigenvalue weighted by atomic mass is 10.0. The van der Waals surface area contributed by atoms with E-state index in [2.05, 4.69) is 38.8 Å². The first-order chi connectivity index (χ1) is 9.35. The molecule has 1 unspecified atom stereocenters.